The topological polar surface area (TPSA) is 89.2 Å². The third-order valence-corrected chi connectivity index (χ3v) is 6.15. The Morgan fingerprint density at radius 2 is 1.77 bits per heavy atom. The SMILES string of the molecule is COc1cc(/C(O)=C2\C(=O)C(=O)N(CCc3ccc(F)cc3)C2c2ccc(C)o2)c(OC)cc1Cl. The minimum Gasteiger partial charge on any atom is -0.507 e. The number of aliphatic hydroxyl groups excluding tert-OH is 1. The van der Waals surface area contributed by atoms with Gasteiger partial charge in [0.2, 0.25) is 0 Å². The fraction of sp³-hybridized carbons (Fsp3) is 0.231. The zero-order valence-electron chi connectivity index (χ0n) is 19.3. The number of methoxy groups -OCH3 is 2. The summed E-state index contributed by atoms with van der Waals surface area (Å²) in [7, 11) is 2.81. The van der Waals surface area contributed by atoms with E-state index in [4.69, 9.17) is 25.5 Å². The second kappa shape index (κ2) is 9.84. The lowest BCUT2D eigenvalue weighted by Gasteiger charge is -2.23. The van der Waals surface area contributed by atoms with Crippen LogP contribution in [0.5, 0.6) is 11.5 Å². The number of ether oxygens (including phenoxy) is 2. The van der Waals surface area contributed by atoms with Gasteiger partial charge in [-0.05, 0) is 49.2 Å². The van der Waals surface area contributed by atoms with Crippen molar-refractivity contribution in [3.05, 3.63) is 87.6 Å². The van der Waals surface area contributed by atoms with Gasteiger partial charge in [0.15, 0.2) is 0 Å². The molecule has 0 radical (unpaired) electrons. The number of hydrogen-bond donors (Lipinski definition) is 1. The molecule has 0 aliphatic carbocycles. The summed E-state index contributed by atoms with van der Waals surface area (Å²) in [6, 6.07) is 11.2. The van der Waals surface area contributed by atoms with Crippen LogP contribution >= 0.6 is 11.6 Å². The number of amides is 1. The average Bonchev–Trinajstić information content (AvgIpc) is 3.38. The highest BCUT2D eigenvalue weighted by Crippen LogP contribution is 2.43. The Morgan fingerprint density at radius 3 is 2.37 bits per heavy atom. The summed E-state index contributed by atoms with van der Waals surface area (Å²) in [6.45, 7) is 1.87. The van der Waals surface area contributed by atoms with Gasteiger partial charge < -0.3 is 23.9 Å². The van der Waals surface area contributed by atoms with Gasteiger partial charge in [0.25, 0.3) is 11.7 Å². The summed E-state index contributed by atoms with van der Waals surface area (Å²) >= 11 is 6.19. The maximum absolute atomic E-state index is 13.3. The van der Waals surface area contributed by atoms with Crippen molar-refractivity contribution in [1.82, 2.24) is 4.90 Å². The van der Waals surface area contributed by atoms with E-state index >= 15 is 0 Å². The first-order chi connectivity index (χ1) is 16.7. The normalized spacial score (nSPS) is 17.2. The lowest BCUT2D eigenvalue weighted by molar-refractivity contribution is -0.140. The van der Waals surface area contributed by atoms with Crippen LogP contribution in [-0.2, 0) is 16.0 Å². The van der Waals surface area contributed by atoms with E-state index < -0.39 is 23.5 Å². The maximum Gasteiger partial charge on any atom is 0.295 e. The van der Waals surface area contributed by atoms with Crippen molar-refractivity contribution in [1.29, 1.82) is 0 Å². The van der Waals surface area contributed by atoms with Crippen LogP contribution in [0, 0.1) is 12.7 Å². The molecule has 1 aliphatic rings. The molecule has 2 aromatic carbocycles. The molecule has 4 rings (SSSR count). The molecule has 1 unspecified atom stereocenters. The van der Waals surface area contributed by atoms with Gasteiger partial charge in [-0.15, -0.1) is 0 Å². The molecule has 9 heteroatoms. The molecule has 1 aromatic heterocycles. The van der Waals surface area contributed by atoms with Crippen LogP contribution in [0.4, 0.5) is 4.39 Å². The molecule has 35 heavy (non-hydrogen) atoms. The van der Waals surface area contributed by atoms with E-state index in [1.54, 1.807) is 31.2 Å². The number of benzene rings is 2. The zero-order valence-corrected chi connectivity index (χ0v) is 20.1. The lowest BCUT2D eigenvalue weighted by Crippen LogP contribution is -2.31. The van der Waals surface area contributed by atoms with Crippen molar-refractivity contribution in [3.63, 3.8) is 0 Å². The summed E-state index contributed by atoms with van der Waals surface area (Å²) < 4.78 is 29.7. The smallest absolute Gasteiger partial charge is 0.295 e. The van der Waals surface area contributed by atoms with Gasteiger partial charge in [-0.1, -0.05) is 23.7 Å². The van der Waals surface area contributed by atoms with Gasteiger partial charge >= 0.3 is 0 Å². The minimum atomic E-state index is -0.976. The lowest BCUT2D eigenvalue weighted by atomic mass is 9.98. The summed E-state index contributed by atoms with van der Waals surface area (Å²) in [4.78, 5) is 27.6. The number of nitrogens with zero attached hydrogens (tertiary/aromatic N) is 1. The van der Waals surface area contributed by atoms with Crippen molar-refractivity contribution < 1.29 is 33.0 Å². The van der Waals surface area contributed by atoms with Crippen LogP contribution < -0.4 is 9.47 Å². The largest absolute Gasteiger partial charge is 0.507 e. The van der Waals surface area contributed by atoms with E-state index in [9.17, 15) is 19.1 Å². The highest BCUT2D eigenvalue weighted by atomic mass is 35.5. The number of aliphatic hydroxyl groups is 1. The fourth-order valence-electron chi connectivity index (χ4n) is 4.10. The van der Waals surface area contributed by atoms with Gasteiger partial charge in [-0.25, -0.2) is 4.39 Å². The van der Waals surface area contributed by atoms with Crippen LogP contribution in [-0.4, -0.2) is 42.5 Å². The molecule has 1 aliphatic heterocycles. The maximum atomic E-state index is 13.3. The first kappa shape index (κ1) is 24.3. The van der Waals surface area contributed by atoms with Crippen molar-refractivity contribution >= 4 is 29.1 Å². The number of furan rings is 1. The van der Waals surface area contributed by atoms with Crippen LogP contribution in [0.3, 0.4) is 0 Å². The number of carbonyl (C=O) groups is 2. The van der Waals surface area contributed by atoms with Crippen LogP contribution in [0.15, 0.2) is 58.5 Å². The molecule has 0 bridgehead atoms. The second-order valence-electron chi connectivity index (χ2n) is 8.00. The van der Waals surface area contributed by atoms with Crippen molar-refractivity contribution in [2.24, 2.45) is 0 Å². The van der Waals surface area contributed by atoms with E-state index in [1.807, 2.05) is 0 Å². The quantitative estimate of drug-likeness (QED) is 0.277. The van der Waals surface area contributed by atoms with Gasteiger partial charge in [0.05, 0.1) is 30.4 Å². The number of ketones is 1. The molecule has 1 saturated heterocycles. The molecule has 1 atom stereocenters. The zero-order chi connectivity index (χ0) is 25.3. The van der Waals surface area contributed by atoms with E-state index in [0.29, 0.717) is 17.9 Å². The molecule has 0 saturated carbocycles. The van der Waals surface area contributed by atoms with Crippen LogP contribution in [0.2, 0.25) is 5.02 Å². The highest BCUT2D eigenvalue weighted by molar-refractivity contribution is 6.46. The molecule has 0 spiro atoms. The van der Waals surface area contributed by atoms with E-state index in [1.165, 1.54) is 43.4 Å². The molecular formula is C26H23ClFNO6. The average molecular weight is 500 g/mol. The highest BCUT2D eigenvalue weighted by Gasteiger charge is 2.47. The number of hydrogen-bond acceptors (Lipinski definition) is 6. The fourth-order valence-corrected chi connectivity index (χ4v) is 4.33. The summed E-state index contributed by atoms with van der Waals surface area (Å²) in [5, 5.41) is 11.6. The summed E-state index contributed by atoms with van der Waals surface area (Å²) in [5.74, 6) is -1.11. The first-order valence-corrected chi connectivity index (χ1v) is 11.1. The number of halogens is 2. The second-order valence-corrected chi connectivity index (χ2v) is 8.41. The summed E-state index contributed by atoms with van der Waals surface area (Å²) in [5.41, 5.74) is 0.775. The summed E-state index contributed by atoms with van der Waals surface area (Å²) in [6.07, 6.45) is 0.363. The molecule has 3 aromatic rings. The Kier molecular flexibility index (Phi) is 6.84. The Labute approximate surface area is 206 Å². The van der Waals surface area contributed by atoms with Crippen molar-refractivity contribution in [2.45, 2.75) is 19.4 Å². The molecule has 182 valence electrons. The monoisotopic (exact) mass is 499 g/mol. The standard InChI is InChI=1S/C26H23ClFNO6/c1-14-4-9-19(35-14)23-22(24(30)17-12-21(34-3)18(27)13-20(17)33-2)25(31)26(32)29(23)11-10-15-5-7-16(28)8-6-15/h4-9,12-13,23,30H,10-11H2,1-3H3/b24-22+. The third kappa shape index (κ3) is 4.61. The third-order valence-electron chi connectivity index (χ3n) is 5.85. The van der Waals surface area contributed by atoms with E-state index in [2.05, 4.69) is 0 Å². The predicted octanol–water partition coefficient (Wildman–Crippen LogP) is 5.06. The number of carbonyl (C=O) groups excluding carboxylic acids is 2. The molecule has 1 fully saturated rings. The molecular weight excluding hydrogens is 477 g/mol. The number of likely N-dealkylation sites (tertiary alicyclic amines) is 1. The predicted molar refractivity (Wildman–Crippen MR) is 127 cm³/mol. The van der Waals surface area contributed by atoms with Gasteiger partial charge in [-0.3, -0.25) is 9.59 Å². The Bertz CT molecular complexity index is 1310. The van der Waals surface area contributed by atoms with E-state index in [-0.39, 0.29) is 40.0 Å². The van der Waals surface area contributed by atoms with Crippen LogP contribution in [0.25, 0.3) is 5.76 Å². The Balaban J connectivity index is 1.82. The minimum absolute atomic E-state index is 0.137. The number of rotatable bonds is 7. The number of Topliss-reactive ketones (excluding diaryl/α,β-unsaturated/α-hetero) is 1. The molecule has 1 amide bonds. The first-order valence-electron chi connectivity index (χ1n) is 10.8. The van der Waals surface area contributed by atoms with Gasteiger partial charge in [-0.2, -0.15) is 0 Å². The van der Waals surface area contributed by atoms with Crippen molar-refractivity contribution in [2.75, 3.05) is 20.8 Å². The molecule has 7 nitrogen and oxygen atoms in total. The Hall–Kier alpha value is -3.78. The van der Waals surface area contributed by atoms with Gasteiger partial charge in [0.1, 0.15) is 40.6 Å². The molecule has 2 heterocycles. The molecule has 1 N–H and O–H groups in total. The van der Waals surface area contributed by atoms with Crippen molar-refractivity contribution in [3.8, 4) is 11.5 Å². The number of aryl methyl sites for hydroxylation is 1. The Morgan fingerprint density at radius 1 is 1.09 bits per heavy atom. The van der Waals surface area contributed by atoms with Crippen LogP contribution in [0.1, 0.15) is 28.7 Å². The van der Waals surface area contributed by atoms with E-state index in [0.717, 1.165) is 5.56 Å². The van der Waals surface area contributed by atoms with Gasteiger partial charge in [0, 0.05) is 12.6 Å².